The Balaban J connectivity index is 1.85. The van der Waals surface area contributed by atoms with Crippen molar-refractivity contribution in [2.45, 2.75) is 43.4 Å². The van der Waals surface area contributed by atoms with Crippen molar-refractivity contribution in [2.75, 3.05) is 36.8 Å². The van der Waals surface area contributed by atoms with Crippen LogP contribution in [0, 0.1) is 0 Å². The molecular formula is C16H25N3O2S. The molecule has 3 rings (SSSR count). The van der Waals surface area contributed by atoms with Gasteiger partial charge in [0.25, 0.3) is 0 Å². The Morgan fingerprint density at radius 2 is 1.45 bits per heavy atom. The third kappa shape index (κ3) is 3.08. The van der Waals surface area contributed by atoms with E-state index < -0.39 is 10.0 Å². The fourth-order valence-electron chi connectivity index (χ4n) is 3.37. The van der Waals surface area contributed by atoms with Crippen LogP contribution in [0.15, 0.2) is 23.1 Å². The monoisotopic (exact) mass is 323 g/mol. The van der Waals surface area contributed by atoms with E-state index in [1.807, 2.05) is 6.07 Å². The van der Waals surface area contributed by atoms with Gasteiger partial charge in [0.05, 0.1) is 16.3 Å². The molecule has 0 amide bonds. The first-order chi connectivity index (χ1) is 10.6. The second-order valence-electron chi connectivity index (χ2n) is 6.23. The quantitative estimate of drug-likeness (QED) is 0.868. The van der Waals surface area contributed by atoms with Gasteiger partial charge in [0.2, 0.25) is 10.0 Å². The number of anilines is 2. The minimum Gasteiger partial charge on any atom is -0.397 e. The van der Waals surface area contributed by atoms with Crippen molar-refractivity contribution in [1.29, 1.82) is 0 Å². The van der Waals surface area contributed by atoms with E-state index in [4.69, 9.17) is 5.73 Å². The van der Waals surface area contributed by atoms with Gasteiger partial charge in [-0.15, -0.1) is 0 Å². The topological polar surface area (TPSA) is 66.6 Å². The summed E-state index contributed by atoms with van der Waals surface area (Å²) in [7, 11) is -3.38. The Hall–Kier alpha value is -1.27. The van der Waals surface area contributed by atoms with Crippen LogP contribution in [-0.4, -0.2) is 38.9 Å². The zero-order chi connectivity index (χ0) is 15.6. The molecule has 22 heavy (non-hydrogen) atoms. The van der Waals surface area contributed by atoms with E-state index in [0.717, 1.165) is 31.6 Å². The third-order valence-electron chi connectivity index (χ3n) is 4.65. The molecule has 2 fully saturated rings. The van der Waals surface area contributed by atoms with Gasteiger partial charge < -0.3 is 10.6 Å². The van der Waals surface area contributed by atoms with Crippen molar-refractivity contribution in [3.8, 4) is 0 Å². The molecule has 2 aliphatic rings. The molecule has 2 heterocycles. The zero-order valence-electron chi connectivity index (χ0n) is 13.0. The van der Waals surface area contributed by atoms with Crippen molar-refractivity contribution in [2.24, 2.45) is 0 Å². The smallest absolute Gasteiger partial charge is 0.243 e. The Bertz CT molecular complexity index is 616. The lowest BCUT2D eigenvalue weighted by molar-refractivity contribution is 0.477. The largest absolute Gasteiger partial charge is 0.397 e. The second kappa shape index (κ2) is 6.46. The van der Waals surface area contributed by atoms with Gasteiger partial charge in [-0.1, -0.05) is 12.8 Å². The molecule has 5 nitrogen and oxygen atoms in total. The number of rotatable bonds is 3. The number of nitrogens with two attached hydrogens (primary N) is 1. The standard InChI is InChI=1S/C16H25N3O2S/c17-15-13-14(22(20,21)19-11-5-6-12-19)7-8-16(15)18-9-3-1-2-4-10-18/h7-8,13H,1-6,9-12,17H2. The van der Waals surface area contributed by atoms with E-state index in [0.29, 0.717) is 23.7 Å². The van der Waals surface area contributed by atoms with Gasteiger partial charge in [0.15, 0.2) is 0 Å². The fourth-order valence-corrected chi connectivity index (χ4v) is 4.92. The third-order valence-corrected chi connectivity index (χ3v) is 6.54. The van der Waals surface area contributed by atoms with Gasteiger partial charge in [0.1, 0.15) is 0 Å². The Morgan fingerprint density at radius 3 is 2.05 bits per heavy atom. The summed E-state index contributed by atoms with van der Waals surface area (Å²) in [6.45, 7) is 3.25. The lowest BCUT2D eigenvalue weighted by atomic mass is 10.2. The average Bonchev–Trinajstić information content (AvgIpc) is 2.92. The highest BCUT2D eigenvalue weighted by molar-refractivity contribution is 7.89. The van der Waals surface area contributed by atoms with E-state index in [-0.39, 0.29) is 0 Å². The molecule has 0 aromatic heterocycles. The summed E-state index contributed by atoms with van der Waals surface area (Å²) in [5.74, 6) is 0. The normalized spacial score (nSPS) is 21.0. The van der Waals surface area contributed by atoms with E-state index in [2.05, 4.69) is 4.90 Å². The molecule has 0 radical (unpaired) electrons. The van der Waals surface area contributed by atoms with Gasteiger partial charge in [-0.25, -0.2) is 8.42 Å². The van der Waals surface area contributed by atoms with E-state index in [1.165, 1.54) is 25.7 Å². The van der Waals surface area contributed by atoms with Crippen LogP contribution in [0.25, 0.3) is 0 Å². The van der Waals surface area contributed by atoms with Crippen molar-refractivity contribution in [1.82, 2.24) is 4.31 Å². The lowest BCUT2D eigenvalue weighted by Gasteiger charge is -2.25. The van der Waals surface area contributed by atoms with Crippen LogP contribution in [0.1, 0.15) is 38.5 Å². The van der Waals surface area contributed by atoms with Gasteiger partial charge in [-0.3, -0.25) is 0 Å². The summed E-state index contributed by atoms with van der Waals surface area (Å²) >= 11 is 0. The first-order valence-electron chi connectivity index (χ1n) is 8.24. The number of benzene rings is 1. The van der Waals surface area contributed by atoms with Crippen LogP contribution in [-0.2, 0) is 10.0 Å². The zero-order valence-corrected chi connectivity index (χ0v) is 13.8. The molecule has 1 aromatic carbocycles. The molecule has 0 unspecified atom stereocenters. The van der Waals surface area contributed by atoms with Gasteiger partial charge >= 0.3 is 0 Å². The molecule has 0 spiro atoms. The van der Waals surface area contributed by atoms with Crippen LogP contribution in [0.3, 0.4) is 0 Å². The fraction of sp³-hybridized carbons (Fsp3) is 0.625. The summed E-state index contributed by atoms with van der Waals surface area (Å²) in [4.78, 5) is 2.61. The molecule has 122 valence electrons. The van der Waals surface area contributed by atoms with Crippen LogP contribution in [0.5, 0.6) is 0 Å². The SMILES string of the molecule is Nc1cc(S(=O)(=O)N2CCCC2)ccc1N1CCCCCC1. The summed E-state index contributed by atoms with van der Waals surface area (Å²) in [6, 6.07) is 5.22. The molecule has 6 heteroatoms. The molecule has 2 N–H and O–H groups in total. The van der Waals surface area contributed by atoms with Crippen molar-refractivity contribution < 1.29 is 8.42 Å². The number of hydrogen-bond donors (Lipinski definition) is 1. The van der Waals surface area contributed by atoms with Crippen LogP contribution >= 0.6 is 0 Å². The van der Waals surface area contributed by atoms with Gasteiger partial charge in [0, 0.05) is 26.2 Å². The Labute approximate surface area is 133 Å². The first kappa shape index (κ1) is 15.6. The molecule has 0 aliphatic carbocycles. The van der Waals surface area contributed by atoms with Crippen molar-refractivity contribution >= 4 is 21.4 Å². The van der Waals surface area contributed by atoms with Crippen LogP contribution in [0.4, 0.5) is 11.4 Å². The van der Waals surface area contributed by atoms with Gasteiger partial charge in [-0.2, -0.15) is 4.31 Å². The molecule has 0 atom stereocenters. The molecule has 2 saturated heterocycles. The first-order valence-corrected chi connectivity index (χ1v) is 9.68. The average molecular weight is 323 g/mol. The highest BCUT2D eigenvalue weighted by Gasteiger charge is 2.27. The molecule has 2 aliphatic heterocycles. The number of nitrogens with zero attached hydrogens (tertiary/aromatic N) is 2. The molecule has 1 aromatic rings. The highest BCUT2D eigenvalue weighted by Crippen LogP contribution is 2.30. The Morgan fingerprint density at radius 1 is 0.864 bits per heavy atom. The van der Waals surface area contributed by atoms with Crippen molar-refractivity contribution in [3.05, 3.63) is 18.2 Å². The lowest BCUT2D eigenvalue weighted by Crippen LogP contribution is -2.28. The van der Waals surface area contributed by atoms with Crippen LogP contribution < -0.4 is 10.6 Å². The van der Waals surface area contributed by atoms with Crippen LogP contribution in [0.2, 0.25) is 0 Å². The van der Waals surface area contributed by atoms with Crippen molar-refractivity contribution in [3.63, 3.8) is 0 Å². The predicted molar refractivity (Wildman–Crippen MR) is 89.5 cm³/mol. The number of sulfonamides is 1. The maximum absolute atomic E-state index is 12.6. The minimum atomic E-state index is -3.38. The maximum atomic E-state index is 12.6. The molecule has 0 saturated carbocycles. The maximum Gasteiger partial charge on any atom is 0.243 e. The number of hydrogen-bond acceptors (Lipinski definition) is 4. The minimum absolute atomic E-state index is 0.325. The summed E-state index contributed by atoms with van der Waals surface area (Å²) < 4.78 is 26.7. The Kier molecular flexibility index (Phi) is 4.59. The number of nitrogen functional groups attached to an aromatic ring is 1. The van der Waals surface area contributed by atoms with E-state index >= 15 is 0 Å². The molecular weight excluding hydrogens is 298 g/mol. The van der Waals surface area contributed by atoms with E-state index in [1.54, 1.807) is 16.4 Å². The predicted octanol–water partition coefficient (Wildman–Crippen LogP) is 2.43. The highest BCUT2D eigenvalue weighted by atomic mass is 32.2. The summed E-state index contributed by atoms with van der Waals surface area (Å²) in [5, 5.41) is 0. The second-order valence-corrected chi connectivity index (χ2v) is 8.17. The van der Waals surface area contributed by atoms with Gasteiger partial charge in [-0.05, 0) is 43.9 Å². The van der Waals surface area contributed by atoms with E-state index in [9.17, 15) is 8.42 Å². The molecule has 0 bridgehead atoms. The summed E-state index contributed by atoms with van der Waals surface area (Å²) in [5.41, 5.74) is 7.72. The summed E-state index contributed by atoms with van der Waals surface area (Å²) in [6.07, 6.45) is 6.76.